The second-order valence-electron chi connectivity index (χ2n) is 6.13. The van der Waals surface area contributed by atoms with Crippen LogP contribution in [0.15, 0.2) is 48.9 Å². The van der Waals surface area contributed by atoms with Crippen LogP contribution in [0.25, 0.3) is 11.3 Å². The molecule has 0 saturated carbocycles. The van der Waals surface area contributed by atoms with E-state index in [-0.39, 0.29) is 0 Å². The SMILES string of the molecule is c1cncc(-c2[nH]ncc2CNc2ccc3c(c2)CNCCC3)c1. The summed E-state index contributed by atoms with van der Waals surface area (Å²) in [5.41, 5.74) is 7.22. The van der Waals surface area contributed by atoms with Crippen LogP contribution in [0.2, 0.25) is 0 Å². The van der Waals surface area contributed by atoms with Crippen LogP contribution in [-0.2, 0) is 19.5 Å². The first-order valence-electron chi connectivity index (χ1n) is 8.39. The van der Waals surface area contributed by atoms with E-state index in [9.17, 15) is 0 Å². The van der Waals surface area contributed by atoms with Crippen molar-refractivity contribution in [1.82, 2.24) is 20.5 Å². The zero-order chi connectivity index (χ0) is 16.2. The molecule has 0 saturated heterocycles. The highest BCUT2D eigenvalue weighted by molar-refractivity contribution is 5.62. The van der Waals surface area contributed by atoms with Crippen molar-refractivity contribution in [3.8, 4) is 11.3 Å². The number of fused-ring (bicyclic) bond motifs is 1. The van der Waals surface area contributed by atoms with Gasteiger partial charge in [0.05, 0.1) is 11.9 Å². The summed E-state index contributed by atoms with van der Waals surface area (Å²) in [5, 5.41) is 14.3. The fourth-order valence-electron chi connectivity index (χ4n) is 3.17. The molecule has 0 fully saturated rings. The highest BCUT2D eigenvalue weighted by Crippen LogP contribution is 2.23. The number of aromatic amines is 1. The van der Waals surface area contributed by atoms with Crippen LogP contribution in [0, 0.1) is 0 Å². The predicted octanol–water partition coefficient (Wildman–Crippen LogP) is 3.12. The molecule has 1 aromatic carbocycles. The highest BCUT2D eigenvalue weighted by Gasteiger charge is 2.10. The molecule has 3 heterocycles. The number of aromatic nitrogens is 3. The summed E-state index contributed by atoms with van der Waals surface area (Å²) in [6.45, 7) is 2.78. The number of benzene rings is 1. The summed E-state index contributed by atoms with van der Waals surface area (Å²) in [7, 11) is 0. The summed E-state index contributed by atoms with van der Waals surface area (Å²) in [6.07, 6.45) is 7.88. The lowest BCUT2D eigenvalue weighted by Gasteiger charge is -2.11. The fourth-order valence-corrected chi connectivity index (χ4v) is 3.17. The van der Waals surface area contributed by atoms with Gasteiger partial charge in [-0.15, -0.1) is 0 Å². The molecule has 4 rings (SSSR count). The topological polar surface area (TPSA) is 65.6 Å². The predicted molar refractivity (Wildman–Crippen MR) is 95.6 cm³/mol. The van der Waals surface area contributed by atoms with Crippen LogP contribution in [0.3, 0.4) is 0 Å². The van der Waals surface area contributed by atoms with E-state index in [2.05, 4.69) is 44.0 Å². The largest absolute Gasteiger partial charge is 0.381 e. The van der Waals surface area contributed by atoms with Gasteiger partial charge in [-0.3, -0.25) is 10.1 Å². The van der Waals surface area contributed by atoms with Gasteiger partial charge in [-0.25, -0.2) is 0 Å². The lowest BCUT2D eigenvalue weighted by atomic mass is 10.0. The second kappa shape index (κ2) is 6.84. The minimum Gasteiger partial charge on any atom is -0.381 e. The number of H-pyrrole nitrogens is 1. The number of anilines is 1. The van der Waals surface area contributed by atoms with Crippen molar-refractivity contribution in [1.29, 1.82) is 0 Å². The molecule has 0 spiro atoms. The van der Waals surface area contributed by atoms with E-state index in [1.54, 1.807) is 6.20 Å². The van der Waals surface area contributed by atoms with Crippen LogP contribution in [-0.4, -0.2) is 21.7 Å². The Morgan fingerprint density at radius 2 is 2.12 bits per heavy atom. The van der Waals surface area contributed by atoms with E-state index in [1.807, 2.05) is 24.5 Å². The molecule has 0 unspecified atom stereocenters. The number of hydrogen-bond donors (Lipinski definition) is 3. The first kappa shape index (κ1) is 14.9. The number of nitrogens with zero attached hydrogens (tertiary/aromatic N) is 2. The van der Waals surface area contributed by atoms with Crippen LogP contribution in [0.1, 0.15) is 23.1 Å². The zero-order valence-electron chi connectivity index (χ0n) is 13.5. The normalized spacial score (nSPS) is 14.0. The molecular weight excluding hydrogens is 298 g/mol. The fraction of sp³-hybridized carbons (Fsp3) is 0.263. The van der Waals surface area contributed by atoms with Gasteiger partial charge in [0, 0.05) is 42.3 Å². The van der Waals surface area contributed by atoms with E-state index in [0.29, 0.717) is 0 Å². The van der Waals surface area contributed by atoms with Crippen molar-refractivity contribution in [2.45, 2.75) is 25.9 Å². The summed E-state index contributed by atoms with van der Waals surface area (Å²) >= 11 is 0. The molecule has 1 aliphatic rings. The molecule has 2 aromatic heterocycles. The quantitative estimate of drug-likeness (QED) is 0.691. The minimum atomic E-state index is 0.729. The molecule has 5 heteroatoms. The van der Waals surface area contributed by atoms with E-state index in [1.165, 1.54) is 17.5 Å². The summed E-state index contributed by atoms with van der Waals surface area (Å²) in [5.74, 6) is 0. The van der Waals surface area contributed by atoms with Crippen LogP contribution in [0.5, 0.6) is 0 Å². The van der Waals surface area contributed by atoms with E-state index in [4.69, 9.17) is 0 Å². The molecule has 0 aliphatic carbocycles. The molecule has 24 heavy (non-hydrogen) atoms. The van der Waals surface area contributed by atoms with E-state index in [0.717, 1.165) is 48.6 Å². The van der Waals surface area contributed by atoms with Crippen molar-refractivity contribution < 1.29 is 0 Å². The van der Waals surface area contributed by atoms with Gasteiger partial charge in [0.2, 0.25) is 0 Å². The summed E-state index contributed by atoms with van der Waals surface area (Å²) in [4.78, 5) is 4.18. The van der Waals surface area contributed by atoms with Gasteiger partial charge >= 0.3 is 0 Å². The molecular formula is C19H21N5. The van der Waals surface area contributed by atoms with Crippen LogP contribution in [0.4, 0.5) is 5.69 Å². The van der Waals surface area contributed by atoms with Gasteiger partial charge in [-0.1, -0.05) is 6.07 Å². The Morgan fingerprint density at radius 1 is 1.12 bits per heavy atom. The molecule has 3 N–H and O–H groups in total. The number of pyridine rings is 1. The maximum absolute atomic E-state index is 4.19. The molecule has 0 bridgehead atoms. The number of nitrogens with one attached hydrogen (secondary N) is 3. The molecule has 1 aliphatic heterocycles. The Morgan fingerprint density at radius 3 is 3.04 bits per heavy atom. The Hall–Kier alpha value is -2.66. The zero-order valence-corrected chi connectivity index (χ0v) is 13.5. The minimum absolute atomic E-state index is 0.729. The second-order valence-corrected chi connectivity index (χ2v) is 6.13. The van der Waals surface area contributed by atoms with Crippen molar-refractivity contribution >= 4 is 5.69 Å². The molecule has 0 radical (unpaired) electrons. The molecule has 3 aromatic rings. The number of hydrogen-bond acceptors (Lipinski definition) is 4. The third kappa shape index (κ3) is 3.16. The smallest absolute Gasteiger partial charge is 0.0715 e. The average Bonchev–Trinajstić information content (AvgIpc) is 2.98. The van der Waals surface area contributed by atoms with Gasteiger partial charge in [0.15, 0.2) is 0 Å². The third-order valence-corrected chi connectivity index (χ3v) is 4.47. The first-order chi connectivity index (χ1) is 11.9. The maximum Gasteiger partial charge on any atom is 0.0715 e. The van der Waals surface area contributed by atoms with E-state index >= 15 is 0 Å². The first-order valence-corrected chi connectivity index (χ1v) is 8.39. The number of rotatable bonds is 4. The lowest BCUT2D eigenvalue weighted by Crippen LogP contribution is -2.12. The lowest BCUT2D eigenvalue weighted by molar-refractivity contribution is 0.681. The molecule has 0 atom stereocenters. The van der Waals surface area contributed by atoms with Gasteiger partial charge in [0.25, 0.3) is 0 Å². The molecule has 122 valence electrons. The van der Waals surface area contributed by atoms with Crippen LogP contribution >= 0.6 is 0 Å². The van der Waals surface area contributed by atoms with Gasteiger partial charge in [-0.2, -0.15) is 5.10 Å². The van der Waals surface area contributed by atoms with Gasteiger partial charge in [0.1, 0.15) is 0 Å². The summed E-state index contributed by atoms with van der Waals surface area (Å²) in [6, 6.07) is 10.7. The Labute approximate surface area is 141 Å². The van der Waals surface area contributed by atoms with Gasteiger partial charge < -0.3 is 10.6 Å². The Bertz CT molecular complexity index is 810. The average molecular weight is 319 g/mol. The summed E-state index contributed by atoms with van der Waals surface area (Å²) < 4.78 is 0. The molecule has 0 amide bonds. The monoisotopic (exact) mass is 319 g/mol. The van der Waals surface area contributed by atoms with E-state index < -0.39 is 0 Å². The molecule has 5 nitrogen and oxygen atoms in total. The van der Waals surface area contributed by atoms with Crippen molar-refractivity contribution in [2.75, 3.05) is 11.9 Å². The van der Waals surface area contributed by atoms with Crippen molar-refractivity contribution in [3.63, 3.8) is 0 Å². The standard InChI is InChI=1S/C19H21N5/c1-3-14-5-6-18(9-16(14)11-21-7-1)22-12-17-13-23-24-19(17)15-4-2-8-20-10-15/h2,4-6,8-10,13,21-22H,1,3,7,11-12H2,(H,23,24). The van der Waals surface area contributed by atoms with Crippen LogP contribution < -0.4 is 10.6 Å². The highest BCUT2D eigenvalue weighted by atomic mass is 15.1. The van der Waals surface area contributed by atoms with Gasteiger partial charge in [-0.05, 0) is 54.8 Å². The Kier molecular flexibility index (Phi) is 4.25. The van der Waals surface area contributed by atoms with Crippen molar-refractivity contribution in [3.05, 3.63) is 65.6 Å². The maximum atomic E-state index is 4.19. The Balaban J connectivity index is 1.50. The van der Waals surface area contributed by atoms with Crippen molar-refractivity contribution in [2.24, 2.45) is 0 Å². The number of aryl methyl sites for hydroxylation is 1. The third-order valence-electron chi connectivity index (χ3n) is 4.47.